The Morgan fingerprint density at radius 1 is 1.04 bits per heavy atom. The van der Waals surface area contributed by atoms with Crippen molar-refractivity contribution in [2.24, 2.45) is 5.92 Å². The smallest absolute Gasteiger partial charge is 0.260 e. The highest BCUT2D eigenvalue weighted by atomic mass is 16.5. The van der Waals surface area contributed by atoms with Gasteiger partial charge in [-0.3, -0.25) is 29.4 Å². The second-order valence-corrected chi connectivity index (χ2v) is 14.4. The molecule has 4 aromatic rings. The molecule has 3 unspecified atom stereocenters. The number of hydrogen-bond donors (Lipinski definition) is 4. The molecule has 0 saturated carbocycles. The van der Waals surface area contributed by atoms with E-state index in [1.54, 1.807) is 17.2 Å². The number of carbonyl (C=O) groups is 4. The maximum atomic E-state index is 13.6. The average molecular weight is 690 g/mol. The van der Waals surface area contributed by atoms with Crippen LogP contribution in [-0.2, 0) is 16.1 Å². The Labute approximate surface area is 296 Å². The molecule has 2 aromatic heterocycles. The third-order valence-electron chi connectivity index (χ3n) is 11.2. The molecule has 12 nitrogen and oxygen atoms in total. The van der Waals surface area contributed by atoms with E-state index in [1.807, 2.05) is 43.3 Å². The van der Waals surface area contributed by atoms with Crippen molar-refractivity contribution < 1.29 is 23.9 Å². The molecule has 2 aromatic carbocycles. The zero-order valence-corrected chi connectivity index (χ0v) is 28.9. The van der Waals surface area contributed by atoms with Gasteiger partial charge in [0.15, 0.2) is 0 Å². The summed E-state index contributed by atoms with van der Waals surface area (Å²) in [5.74, 6) is -0.0256. The van der Waals surface area contributed by atoms with Gasteiger partial charge in [-0.1, -0.05) is 24.3 Å². The summed E-state index contributed by atoms with van der Waals surface area (Å²) in [6.07, 6.45) is 6.11. The van der Waals surface area contributed by atoms with Gasteiger partial charge in [0.1, 0.15) is 17.6 Å². The molecular weight excluding hydrogens is 646 g/mol. The summed E-state index contributed by atoms with van der Waals surface area (Å²) in [6, 6.07) is 16.8. The van der Waals surface area contributed by atoms with Crippen molar-refractivity contribution in [1.82, 2.24) is 30.4 Å². The van der Waals surface area contributed by atoms with Gasteiger partial charge in [-0.05, 0) is 100 Å². The largest absolute Gasteiger partial charge is 0.490 e. The number of ether oxygens (including phenoxy) is 1. The van der Waals surface area contributed by atoms with E-state index in [4.69, 9.17) is 4.74 Å². The van der Waals surface area contributed by atoms with E-state index in [1.165, 1.54) is 12.1 Å². The van der Waals surface area contributed by atoms with Gasteiger partial charge in [-0.15, -0.1) is 0 Å². The van der Waals surface area contributed by atoms with Crippen LogP contribution in [0.1, 0.15) is 95.1 Å². The Morgan fingerprint density at radius 3 is 2.73 bits per heavy atom. The van der Waals surface area contributed by atoms with Crippen molar-refractivity contribution in [2.45, 2.75) is 76.2 Å². The first-order chi connectivity index (χ1) is 24.7. The van der Waals surface area contributed by atoms with E-state index in [9.17, 15) is 19.2 Å². The van der Waals surface area contributed by atoms with Gasteiger partial charge in [0.05, 0.1) is 17.2 Å². The molecule has 5 atom stereocenters. The highest BCUT2D eigenvalue weighted by Gasteiger charge is 2.41. The molecule has 6 heterocycles. The van der Waals surface area contributed by atoms with Gasteiger partial charge >= 0.3 is 0 Å². The number of pyridine rings is 1. The van der Waals surface area contributed by atoms with Gasteiger partial charge < -0.3 is 25.3 Å². The first-order valence-corrected chi connectivity index (χ1v) is 18.0. The summed E-state index contributed by atoms with van der Waals surface area (Å²) in [5, 5.41) is 10.0. The predicted molar refractivity (Wildman–Crippen MR) is 191 cm³/mol. The summed E-state index contributed by atoms with van der Waals surface area (Å²) in [4.78, 5) is 63.4. The Morgan fingerprint density at radius 2 is 1.90 bits per heavy atom. The number of aromatic nitrogens is 2. The maximum absolute atomic E-state index is 13.6. The Bertz CT molecular complexity index is 2030. The number of para-hydroxylation sites is 1. The second-order valence-electron chi connectivity index (χ2n) is 14.4. The van der Waals surface area contributed by atoms with Gasteiger partial charge in [-0.2, -0.15) is 0 Å². The van der Waals surface area contributed by atoms with Crippen LogP contribution in [0.2, 0.25) is 0 Å². The zero-order chi connectivity index (χ0) is 35.2. The molecule has 264 valence electrons. The molecule has 51 heavy (non-hydrogen) atoms. The number of piperidine rings is 2. The molecular formula is C39H43N7O5. The van der Waals surface area contributed by atoms with E-state index in [-0.39, 0.29) is 42.2 Å². The van der Waals surface area contributed by atoms with Crippen molar-refractivity contribution in [3.05, 3.63) is 88.7 Å². The number of amides is 4. The van der Waals surface area contributed by atoms with E-state index >= 15 is 0 Å². The van der Waals surface area contributed by atoms with Crippen molar-refractivity contribution in [2.75, 3.05) is 25.5 Å². The van der Waals surface area contributed by atoms with E-state index in [0.717, 1.165) is 54.4 Å². The SMILES string of the molecule is CC(Oc1ccccc1C(=O)Nc1cc2[nH]c([C@H]3CCCN3C)cc2cn1)C1CCNC(c2cccc3c2CN([C@@H]2CCC(=O)NC2=O)C3=O)C1. The minimum Gasteiger partial charge on any atom is -0.490 e. The molecule has 4 N–H and O–H groups in total. The number of nitrogens with one attached hydrogen (secondary N) is 4. The molecule has 4 aliphatic rings. The number of hydrogen-bond acceptors (Lipinski definition) is 8. The molecule has 4 aliphatic heterocycles. The van der Waals surface area contributed by atoms with E-state index in [2.05, 4.69) is 50.0 Å². The standard InChI is InChI=1S/C39H43N7O5/c1-22(23-14-15-40-30(17-23)25-8-5-9-26-28(25)21-46(39(26)50)33-12-13-36(47)44-38(33)49)51-34-11-4-3-7-27(34)37(48)43-35-19-29-24(20-41-35)18-31(42-29)32-10-6-16-45(32)2/h3-5,7-9,11,18-20,22-23,30,32-33,40,42H,6,10,12-17,21H2,1-2H3,(H,41,43,48)(H,44,47,49)/t22?,23?,30?,32-,33-/m1/s1. The van der Waals surface area contributed by atoms with Crippen molar-refractivity contribution in [3.63, 3.8) is 0 Å². The number of rotatable bonds is 8. The quantitative estimate of drug-likeness (QED) is 0.192. The number of aromatic amines is 1. The fourth-order valence-corrected chi connectivity index (χ4v) is 8.38. The fraction of sp³-hybridized carbons (Fsp3) is 0.410. The van der Waals surface area contributed by atoms with Gasteiger partial charge in [0.25, 0.3) is 11.8 Å². The summed E-state index contributed by atoms with van der Waals surface area (Å²) in [6.45, 7) is 4.23. The lowest BCUT2D eigenvalue weighted by atomic mass is 9.83. The molecule has 0 bridgehead atoms. The van der Waals surface area contributed by atoms with Crippen LogP contribution in [0.25, 0.3) is 10.9 Å². The number of fused-ring (bicyclic) bond motifs is 2. The number of imide groups is 1. The van der Waals surface area contributed by atoms with Crippen LogP contribution in [0, 0.1) is 5.92 Å². The predicted octanol–water partition coefficient (Wildman–Crippen LogP) is 4.85. The zero-order valence-electron chi connectivity index (χ0n) is 28.9. The number of carbonyl (C=O) groups excluding carboxylic acids is 4. The monoisotopic (exact) mass is 689 g/mol. The minimum atomic E-state index is -0.655. The first-order valence-electron chi connectivity index (χ1n) is 18.0. The number of H-pyrrole nitrogens is 1. The van der Waals surface area contributed by atoms with Crippen molar-refractivity contribution in [3.8, 4) is 5.75 Å². The number of likely N-dealkylation sites (tertiary alicyclic amines) is 1. The summed E-state index contributed by atoms with van der Waals surface area (Å²) >= 11 is 0. The van der Waals surface area contributed by atoms with Crippen LogP contribution in [-0.4, -0.2) is 75.7 Å². The third-order valence-corrected chi connectivity index (χ3v) is 11.2. The van der Waals surface area contributed by atoms with Crippen LogP contribution in [0.3, 0.4) is 0 Å². The molecule has 0 spiro atoms. The topological polar surface area (TPSA) is 149 Å². The summed E-state index contributed by atoms with van der Waals surface area (Å²) < 4.78 is 6.54. The molecule has 3 saturated heterocycles. The van der Waals surface area contributed by atoms with E-state index in [0.29, 0.717) is 41.7 Å². The van der Waals surface area contributed by atoms with Crippen LogP contribution in [0.5, 0.6) is 5.75 Å². The lowest BCUT2D eigenvalue weighted by molar-refractivity contribution is -0.136. The Hall–Kier alpha value is -5.07. The second kappa shape index (κ2) is 13.6. The lowest BCUT2D eigenvalue weighted by Crippen LogP contribution is -2.52. The fourth-order valence-electron chi connectivity index (χ4n) is 8.38. The molecule has 4 amide bonds. The minimum absolute atomic E-state index is 0.0126. The van der Waals surface area contributed by atoms with Gasteiger partial charge in [-0.25, -0.2) is 4.98 Å². The number of anilines is 1. The number of benzene rings is 2. The highest BCUT2D eigenvalue weighted by molar-refractivity contribution is 6.07. The van der Waals surface area contributed by atoms with Crippen LogP contribution in [0.15, 0.2) is 60.8 Å². The Balaban J connectivity index is 0.943. The third kappa shape index (κ3) is 6.38. The van der Waals surface area contributed by atoms with Gasteiger partial charge in [0.2, 0.25) is 11.8 Å². The molecule has 8 rings (SSSR count). The van der Waals surface area contributed by atoms with E-state index < -0.39 is 11.9 Å². The highest BCUT2D eigenvalue weighted by Crippen LogP contribution is 2.38. The molecule has 0 aliphatic carbocycles. The normalized spacial score (nSPS) is 24.4. The van der Waals surface area contributed by atoms with Crippen LogP contribution >= 0.6 is 0 Å². The van der Waals surface area contributed by atoms with Crippen LogP contribution < -0.4 is 20.7 Å². The molecule has 12 heteroatoms. The van der Waals surface area contributed by atoms with Crippen LogP contribution in [0.4, 0.5) is 5.82 Å². The number of nitrogens with zero attached hydrogens (tertiary/aromatic N) is 3. The summed E-state index contributed by atoms with van der Waals surface area (Å²) in [5.41, 5.74) is 5.12. The maximum Gasteiger partial charge on any atom is 0.260 e. The van der Waals surface area contributed by atoms with Crippen molar-refractivity contribution >= 4 is 40.3 Å². The molecule has 0 radical (unpaired) electrons. The van der Waals surface area contributed by atoms with Crippen molar-refractivity contribution in [1.29, 1.82) is 0 Å². The lowest BCUT2D eigenvalue weighted by Gasteiger charge is -2.35. The first kappa shape index (κ1) is 33.1. The summed E-state index contributed by atoms with van der Waals surface area (Å²) in [7, 11) is 2.15. The molecule has 3 fully saturated rings. The average Bonchev–Trinajstić information content (AvgIpc) is 3.84. The Kier molecular flexibility index (Phi) is 8.81. The van der Waals surface area contributed by atoms with Gasteiger partial charge in [0, 0.05) is 54.0 Å².